The summed E-state index contributed by atoms with van der Waals surface area (Å²) in [5, 5.41) is 0.156. The molecule has 0 saturated heterocycles. The van der Waals surface area contributed by atoms with Gasteiger partial charge in [0.25, 0.3) is 0 Å². The normalized spacial score (nSPS) is 17.3. The van der Waals surface area contributed by atoms with Gasteiger partial charge in [-0.1, -0.05) is 49.4 Å². The van der Waals surface area contributed by atoms with Crippen molar-refractivity contribution in [1.82, 2.24) is 4.31 Å². The molecule has 0 heterocycles. The lowest BCUT2D eigenvalue weighted by atomic mass is 9.95. The van der Waals surface area contributed by atoms with Crippen molar-refractivity contribution >= 4 is 38.9 Å². The van der Waals surface area contributed by atoms with Gasteiger partial charge in [0, 0.05) is 18.3 Å². The van der Waals surface area contributed by atoms with Gasteiger partial charge in [0.05, 0.1) is 10.0 Å². The Morgan fingerprint density at radius 1 is 1.19 bits per heavy atom. The first-order valence-corrected chi connectivity index (χ1v) is 9.34. The second-order valence-electron chi connectivity index (χ2n) is 5.31. The third-order valence-corrected chi connectivity index (χ3v) is 6.83. The molecule has 118 valence electrons. The average molecular weight is 351 g/mol. The Hall–Kier alpha value is -0.490. The largest absolute Gasteiger partial charge is 0.399 e. The van der Waals surface area contributed by atoms with E-state index in [-0.39, 0.29) is 21.0 Å². The molecule has 0 amide bonds. The first-order chi connectivity index (χ1) is 9.87. The summed E-state index contributed by atoms with van der Waals surface area (Å²) >= 11 is 12.2. The van der Waals surface area contributed by atoms with Crippen LogP contribution in [-0.2, 0) is 10.0 Å². The van der Waals surface area contributed by atoms with Crippen molar-refractivity contribution in [3.05, 3.63) is 22.2 Å². The molecule has 4 nitrogen and oxygen atoms in total. The van der Waals surface area contributed by atoms with Gasteiger partial charge in [-0.2, -0.15) is 4.31 Å². The van der Waals surface area contributed by atoms with E-state index in [1.807, 2.05) is 6.92 Å². The van der Waals surface area contributed by atoms with E-state index in [0.717, 1.165) is 32.1 Å². The average Bonchev–Trinajstić information content (AvgIpc) is 2.38. The number of hydrogen-bond acceptors (Lipinski definition) is 3. The highest BCUT2D eigenvalue weighted by Crippen LogP contribution is 2.36. The smallest absolute Gasteiger partial charge is 0.246 e. The van der Waals surface area contributed by atoms with E-state index in [0.29, 0.717) is 12.2 Å². The second kappa shape index (κ2) is 6.73. The molecule has 0 aliphatic heterocycles. The van der Waals surface area contributed by atoms with Crippen molar-refractivity contribution in [2.45, 2.75) is 50.0 Å². The van der Waals surface area contributed by atoms with E-state index in [4.69, 9.17) is 28.9 Å². The highest BCUT2D eigenvalue weighted by Gasteiger charge is 2.34. The SMILES string of the molecule is CCN(C1CCCCC1)S(=O)(=O)c1c(Cl)cc(N)cc1Cl. The van der Waals surface area contributed by atoms with Crippen molar-refractivity contribution in [2.24, 2.45) is 0 Å². The third-order valence-electron chi connectivity index (χ3n) is 3.88. The van der Waals surface area contributed by atoms with Crippen LogP contribution in [0, 0.1) is 0 Å². The van der Waals surface area contributed by atoms with Crippen molar-refractivity contribution in [3.63, 3.8) is 0 Å². The lowest BCUT2D eigenvalue weighted by Gasteiger charge is -2.33. The summed E-state index contributed by atoms with van der Waals surface area (Å²) < 4.78 is 27.4. The van der Waals surface area contributed by atoms with Crippen molar-refractivity contribution in [3.8, 4) is 0 Å². The molecule has 2 N–H and O–H groups in total. The van der Waals surface area contributed by atoms with Crippen LogP contribution in [0.15, 0.2) is 17.0 Å². The molecule has 1 aliphatic carbocycles. The number of hydrogen-bond donors (Lipinski definition) is 1. The predicted octanol–water partition coefficient (Wildman–Crippen LogP) is 3.92. The monoisotopic (exact) mass is 350 g/mol. The summed E-state index contributed by atoms with van der Waals surface area (Å²) in [6.45, 7) is 2.25. The van der Waals surface area contributed by atoms with Gasteiger partial charge in [-0.25, -0.2) is 8.42 Å². The van der Waals surface area contributed by atoms with Crippen LogP contribution in [0.1, 0.15) is 39.0 Å². The van der Waals surface area contributed by atoms with Crippen LogP contribution in [-0.4, -0.2) is 25.3 Å². The summed E-state index contributed by atoms with van der Waals surface area (Å²) in [4.78, 5) is -0.0348. The van der Waals surface area contributed by atoms with Gasteiger partial charge < -0.3 is 5.73 Å². The van der Waals surface area contributed by atoms with Gasteiger partial charge >= 0.3 is 0 Å². The summed E-state index contributed by atoms with van der Waals surface area (Å²) in [6.07, 6.45) is 5.05. The molecule has 7 heteroatoms. The molecule has 0 atom stereocenters. The first-order valence-electron chi connectivity index (χ1n) is 7.14. The van der Waals surface area contributed by atoms with E-state index >= 15 is 0 Å². The third kappa shape index (κ3) is 3.47. The zero-order valence-electron chi connectivity index (χ0n) is 12.0. The van der Waals surface area contributed by atoms with Crippen LogP contribution < -0.4 is 5.73 Å². The zero-order valence-corrected chi connectivity index (χ0v) is 14.3. The number of benzene rings is 1. The van der Waals surface area contributed by atoms with E-state index in [1.54, 1.807) is 0 Å². The topological polar surface area (TPSA) is 63.4 Å². The maximum atomic E-state index is 12.9. The summed E-state index contributed by atoms with van der Waals surface area (Å²) in [7, 11) is -3.71. The fraction of sp³-hybridized carbons (Fsp3) is 0.571. The minimum Gasteiger partial charge on any atom is -0.399 e. The van der Waals surface area contributed by atoms with Crippen LogP contribution in [0.25, 0.3) is 0 Å². The van der Waals surface area contributed by atoms with E-state index in [9.17, 15) is 8.42 Å². The quantitative estimate of drug-likeness (QED) is 0.837. The van der Waals surface area contributed by atoms with Gasteiger partial charge in [0.15, 0.2) is 0 Å². The van der Waals surface area contributed by atoms with E-state index in [1.165, 1.54) is 16.4 Å². The Kier molecular flexibility index (Phi) is 5.41. The molecular weight excluding hydrogens is 331 g/mol. The maximum absolute atomic E-state index is 12.9. The van der Waals surface area contributed by atoms with Gasteiger partial charge in [0.1, 0.15) is 4.90 Å². The number of sulfonamides is 1. The summed E-state index contributed by atoms with van der Waals surface area (Å²) in [6, 6.07) is 2.88. The molecule has 1 aromatic carbocycles. The molecule has 1 aliphatic rings. The Bertz CT molecular complexity index is 590. The number of rotatable bonds is 4. The summed E-state index contributed by atoms with van der Waals surface area (Å²) in [5.74, 6) is 0. The molecule has 0 bridgehead atoms. The second-order valence-corrected chi connectivity index (χ2v) is 7.96. The molecular formula is C14H20Cl2N2O2S. The predicted molar refractivity (Wildman–Crippen MR) is 87.3 cm³/mol. The Balaban J connectivity index is 2.44. The van der Waals surface area contributed by atoms with Gasteiger partial charge in [-0.05, 0) is 25.0 Å². The number of halogens is 2. The number of nitrogens with zero attached hydrogens (tertiary/aromatic N) is 1. The molecule has 0 spiro atoms. The molecule has 21 heavy (non-hydrogen) atoms. The minimum atomic E-state index is -3.71. The van der Waals surface area contributed by atoms with E-state index in [2.05, 4.69) is 0 Å². The van der Waals surface area contributed by atoms with E-state index < -0.39 is 10.0 Å². The van der Waals surface area contributed by atoms with Gasteiger partial charge in [-0.15, -0.1) is 0 Å². The lowest BCUT2D eigenvalue weighted by molar-refractivity contribution is 0.261. The standard InChI is InChI=1S/C14H20Cl2N2O2S/c1-2-18(11-6-4-3-5-7-11)21(19,20)14-12(15)8-10(17)9-13(14)16/h8-9,11H,2-7,17H2,1H3. The van der Waals surface area contributed by atoms with Gasteiger partial charge in [0.2, 0.25) is 10.0 Å². The Morgan fingerprint density at radius 3 is 2.19 bits per heavy atom. The highest BCUT2D eigenvalue weighted by molar-refractivity contribution is 7.89. The van der Waals surface area contributed by atoms with Gasteiger partial charge in [-0.3, -0.25) is 0 Å². The van der Waals surface area contributed by atoms with Crippen LogP contribution in [0.5, 0.6) is 0 Å². The molecule has 1 fully saturated rings. The number of nitrogens with two attached hydrogens (primary N) is 1. The molecule has 1 saturated carbocycles. The minimum absolute atomic E-state index is 0.0263. The Labute approximate surface area is 136 Å². The number of anilines is 1. The Morgan fingerprint density at radius 2 is 1.71 bits per heavy atom. The zero-order chi connectivity index (χ0) is 15.6. The highest BCUT2D eigenvalue weighted by atomic mass is 35.5. The van der Waals surface area contributed by atoms with Crippen LogP contribution in [0.3, 0.4) is 0 Å². The fourth-order valence-corrected chi connectivity index (χ4v) is 5.81. The van der Waals surface area contributed by atoms with Crippen molar-refractivity contribution < 1.29 is 8.42 Å². The molecule has 0 radical (unpaired) electrons. The van der Waals surface area contributed by atoms with Crippen molar-refractivity contribution in [2.75, 3.05) is 12.3 Å². The fourth-order valence-electron chi connectivity index (χ4n) is 2.94. The molecule has 1 aromatic rings. The number of nitrogen functional groups attached to an aromatic ring is 1. The molecule has 0 aromatic heterocycles. The first kappa shape index (κ1) is 16.9. The van der Waals surface area contributed by atoms with Crippen LogP contribution in [0.4, 0.5) is 5.69 Å². The maximum Gasteiger partial charge on any atom is 0.246 e. The summed E-state index contributed by atoms with van der Waals surface area (Å²) in [5.41, 5.74) is 6.00. The molecule has 0 unspecified atom stereocenters. The van der Waals surface area contributed by atoms with Crippen LogP contribution >= 0.6 is 23.2 Å². The van der Waals surface area contributed by atoms with Crippen LogP contribution in [0.2, 0.25) is 10.0 Å². The molecule has 2 rings (SSSR count). The lowest BCUT2D eigenvalue weighted by Crippen LogP contribution is -2.41. The van der Waals surface area contributed by atoms with Crippen molar-refractivity contribution in [1.29, 1.82) is 0 Å².